The lowest BCUT2D eigenvalue weighted by atomic mass is 9.87. The summed E-state index contributed by atoms with van der Waals surface area (Å²) < 4.78 is 12.2. The zero-order valence-corrected chi connectivity index (χ0v) is 34.6. The first-order valence-electron chi connectivity index (χ1n) is 21.5. The van der Waals surface area contributed by atoms with Crippen LogP contribution in [0.1, 0.15) is 44.5 Å². The van der Waals surface area contributed by atoms with Gasteiger partial charge in [-0.15, -0.1) is 0 Å². The average Bonchev–Trinajstić information content (AvgIpc) is 3.29. The van der Waals surface area contributed by atoms with Crippen molar-refractivity contribution in [3.8, 4) is 85.1 Å². The van der Waals surface area contributed by atoms with Gasteiger partial charge in [-0.3, -0.25) is 0 Å². The third kappa shape index (κ3) is 8.38. The second-order valence-corrected chi connectivity index (χ2v) is 16.7. The average molecular weight is 831 g/mol. The van der Waals surface area contributed by atoms with E-state index in [1.54, 1.807) is 24.3 Å². The third-order valence-electron chi connectivity index (χ3n) is 12.5. The van der Waals surface area contributed by atoms with E-state index in [0.29, 0.717) is 78.2 Å². The number of aromatic hydroxyl groups is 5. The Morgan fingerprint density at radius 3 is 1.16 bits per heavy atom. The highest BCUT2D eigenvalue weighted by Gasteiger charge is 2.21. The molecule has 0 spiro atoms. The second kappa shape index (κ2) is 16.7. The molecule has 0 atom stereocenters. The minimum atomic E-state index is 0.0298. The molecule has 0 unspecified atom stereocenters. The lowest BCUT2D eigenvalue weighted by molar-refractivity contribution is 0.410. The van der Waals surface area contributed by atoms with Crippen molar-refractivity contribution in [2.75, 3.05) is 0 Å². The molecule has 16 rings (SSSR count). The highest BCUT2D eigenvalue weighted by atomic mass is 16.5. The zero-order chi connectivity index (χ0) is 43.0. The maximum atomic E-state index is 11.9. The van der Waals surface area contributed by atoms with E-state index in [1.165, 1.54) is 0 Å². The van der Waals surface area contributed by atoms with Crippen molar-refractivity contribution in [1.29, 1.82) is 0 Å². The summed E-state index contributed by atoms with van der Waals surface area (Å²) in [7, 11) is 0. The molecule has 0 amide bonds. The number of ether oxygens (including phenoxy) is 2. The largest absolute Gasteiger partial charge is 0.507 e. The molecule has 0 fully saturated rings. The van der Waals surface area contributed by atoms with Crippen LogP contribution in [0.2, 0.25) is 0 Å². The molecule has 8 aromatic rings. The first-order valence-corrected chi connectivity index (χ1v) is 21.5. The molecule has 312 valence electrons. The van der Waals surface area contributed by atoms with Gasteiger partial charge in [0.2, 0.25) is 0 Å². The van der Waals surface area contributed by atoms with E-state index >= 15 is 0 Å². The first-order chi connectivity index (χ1) is 30.7. The van der Waals surface area contributed by atoms with Crippen LogP contribution in [-0.2, 0) is 51.4 Å². The summed E-state index contributed by atoms with van der Waals surface area (Å²) in [5.74, 6) is 2.45. The maximum absolute atomic E-state index is 11.9. The Hall–Kier alpha value is -7.64. The summed E-state index contributed by atoms with van der Waals surface area (Å²) in [4.78, 5) is 0. The molecule has 8 aliphatic rings. The number of hydrogen-bond donors (Lipinski definition) is 5. The summed E-state index contributed by atoms with van der Waals surface area (Å²) in [6.45, 7) is 0. The van der Waals surface area contributed by atoms with Crippen LogP contribution in [0.25, 0.3) is 33.4 Å². The van der Waals surface area contributed by atoms with Crippen molar-refractivity contribution in [3.05, 3.63) is 196 Å². The Bertz CT molecular complexity index is 2990. The molecule has 0 aliphatic carbocycles. The van der Waals surface area contributed by atoms with Gasteiger partial charge in [-0.2, -0.15) is 0 Å². The van der Waals surface area contributed by atoms with Gasteiger partial charge in [0.15, 0.2) is 23.0 Å². The molecule has 0 saturated carbocycles. The fraction of sp³-hybridized carbons (Fsp3) is 0.143. The van der Waals surface area contributed by atoms with E-state index in [9.17, 15) is 25.5 Å². The Morgan fingerprint density at radius 2 is 0.651 bits per heavy atom. The van der Waals surface area contributed by atoms with Gasteiger partial charge in [0.05, 0.1) is 0 Å². The molecule has 5 N–H and O–H groups in total. The molecule has 8 aliphatic heterocycles. The minimum absolute atomic E-state index is 0.0298. The van der Waals surface area contributed by atoms with Crippen molar-refractivity contribution in [2.24, 2.45) is 0 Å². The molecule has 12 bridgehead atoms. The predicted octanol–water partition coefficient (Wildman–Crippen LogP) is 12.6. The maximum Gasteiger partial charge on any atom is 0.169 e. The van der Waals surface area contributed by atoms with E-state index in [4.69, 9.17) is 9.47 Å². The summed E-state index contributed by atoms with van der Waals surface area (Å²) >= 11 is 0. The van der Waals surface area contributed by atoms with E-state index < -0.39 is 0 Å². The van der Waals surface area contributed by atoms with E-state index in [2.05, 4.69) is 24.3 Å². The van der Waals surface area contributed by atoms with Crippen molar-refractivity contribution in [1.82, 2.24) is 0 Å². The first kappa shape index (κ1) is 39.5. The predicted molar refractivity (Wildman–Crippen MR) is 247 cm³/mol. The van der Waals surface area contributed by atoms with Gasteiger partial charge < -0.3 is 35.0 Å². The Kier molecular flexibility index (Phi) is 10.4. The van der Waals surface area contributed by atoms with Gasteiger partial charge >= 0.3 is 0 Å². The second-order valence-electron chi connectivity index (χ2n) is 16.7. The summed E-state index contributed by atoms with van der Waals surface area (Å²) in [6, 6.07) is 48.3. The smallest absolute Gasteiger partial charge is 0.169 e. The van der Waals surface area contributed by atoms with E-state index in [-0.39, 0.29) is 28.7 Å². The minimum Gasteiger partial charge on any atom is -0.507 e. The Labute approximate surface area is 366 Å². The number of rotatable bonds is 1. The highest BCUT2D eigenvalue weighted by Crippen LogP contribution is 2.45. The Balaban J connectivity index is 1.05. The van der Waals surface area contributed by atoms with Crippen molar-refractivity contribution < 1.29 is 35.0 Å². The highest BCUT2D eigenvalue weighted by molar-refractivity contribution is 5.87. The monoisotopic (exact) mass is 830 g/mol. The quantitative estimate of drug-likeness (QED) is 0.112. The molecular formula is C56H46O7. The van der Waals surface area contributed by atoms with Gasteiger partial charge in [-0.25, -0.2) is 0 Å². The van der Waals surface area contributed by atoms with Gasteiger partial charge in [-0.05, 0) is 191 Å². The lowest BCUT2D eigenvalue weighted by Gasteiger charge is -2.19. The molecule has 0 radical (unpaired) electrons. The van der Waals surface area contributed by atoms with Crippen molar-refractivity contribution in [2.45, 2.75) is 51.4 Å². The topological polar surface area (TPSA) is 120 Å². The molecule has 7 heteroatoms. The summed E-state index contributed by atoms with van der Waals surface area (Å²) in [5.41, 5.74) is 12.5. The molecule has 63 heavy (non-hydrogen) atoms. The Morgan fingerprint density at radius 1 is 0.270 bits per heavy atom. The van der Waals surface area contributed by atoms with Gasteiger partial charge in [-0.1, -0.05) is 72.8 Å². The van der Waals surface area contributed by atoms with Crippen molar-refractivity contribution >= 4 is 0 Å². The number of phenols is 5. The third-order valence-corrected chi connectivity index (χ3v) is 12.5. The van der Waals surface area contributed by atoms with Crippen molar-refractivity contribution in [3.63, 3.8) is 0 Å². The number of aryl methyl sites for hydroxylation is 8. The number of hydrogen-bond acceptors (Lipinski definition) is 7. The summed E-state index contributed by atoms with van der Waals surface area (Å²) in [5, 5.41) is 56.5. The molecule has 0 saturated heterocycles. The van der Waals surface area contributed by atoms with Crippen LogP contribution in [0.5, 0.6) is 51.7 Å². The summed E-state index contributed by atoms with van der Waals surface area (Å²) in [6.07, 6.45) is 5.45. The standard InChI is InChI=1S/C56H46O7/c57-50-25-14-38-2-1-34-5-16-40(17-6-34)46-32-48(53(60)30-41(46)18-7-35-9-20-43(21-10-35)62-55(50)28-38)49-33-47-42(31-54(49)61)19-8-36-11-22-44(23-12-36)63-56-29-39(15-26-51(56)58)4-3-37-13-24-45(47)52(59)27-37/h5-6,9-17,20-33,57-61H,1-4,7-8,18-19H2. The van der Waals surface area contributed by atoms with Gasteiger partial charge in [0, 0.05) is 16.7 Å². The SMILES string of the molecule is Oc1ccc2cc1Oc1ccc(cc1)CCc1cc(O)c(-c3cc4c(cc3O)CCc3ccc(cc3)Oc3cc(ccc3O)CCc3ccc-4c(O)c3)cc1-c1ccc(cc1)CC2. The van der Waals surface area contributed by atoms with Crippen LogP contribution in [-0.4, -0.2) is 25.5 Å². The van der Waals surface area contributed by atoms with Gasteiger partial charge in [0.25, 0.3) is 0 Å². The van der Waals surface area contributed by atoms with E-state index in [0.717, 1.165) is 74.0 Å². The number of phenolic OH excluding ortho intramolecular Hbond substituents is 5. The molecule has 8 heterocycles. The lowest BCUT2D eigenvalue weighted by Crippen LogP contribution is -1.99. The van der Waals surface area contributed by atoms with Crippen LogP contribution >= 0.6 is 0 Å². The van der Waals surface area contributed by atoms with Crippen LogP contribution in [0, 0.1) is 0 Å². The fourth-order valence-electron chi connectivity index (χ4n) is 8.87. The van der Waals surface area contributed by atoms with Gasteiger partial charge in [0.1, 0.15) is 28.7 Å². The van der Waals surface area contributed by atoms with Crippen LogP contribution < -0.4 is 9.47 Å². The van der Waals surface area contributed by atoms with E-state index in [1.807, 2.05) is 103 Å². The van der Waals surface area contributed by atoms with Crippen LogP contribution in [0.4, 0.5) is 0 Å². The molecule has 7 nitrogen and oxygen atoms in total. The molecule has 0 aromatic heterocycles. The van der Waals surface area contributed by atoms with Crippen LogP contribution in [0.3, 0.4) is 0 Å². The fourth-order valence-corrected chi connectivity index (χ4v) is 8.87. The number of benzene rings is 8. The normalized spacial score (nSPS) is 13.5. The molecular weight excluding hydrogens is 785 g/mol. The zero-order valence-electron chi connectivity index (χ0n) is 34.6. The van der Waals surface area contributed by atoms with Crippen LogP contribution in [0.15, 0.2) is 152 Å². The molecule has 8 aromatic carbocycles.